The molecule has 0 aliphatic carbocycles. The molecule has 2 fully saturated rings. The third kappa shape index (κ3) is 3.42. The van der Waals surface area contributed by atoms with E-state index in [0.29, 0.717) is 11.7 Å². The third-order valence-electron chi connectivity index (χ3n) is 4.16. The Morgan fingerprint density at radius 3 is 3.14 bits per heavy atom. The summed E-state index contributed by atoms with van der Waals surface area (Å²) in [5, 5.41) is 7.46. The van der Waals surface area contributed by atoms with Crippen molar-refractivity contribution in [2.45, 2.75) is 38.0 Å². The van der Waals surface area contributed by atoms with Crippen LogP contribution < -0.4 is 5.32 Å². The van der Waals surface area contributed by atoms with Gasteiger partial charge in [0, 0.05) is 26.7 Å². The molecule has 2 aliphatic rings. The van der Waals surface area contributed by atoms with Crippen molar-refractivity contribution < 1.29 is 14.0 Å². The third-order valence-corrected chi connectivity index (χ3v) is 4.16. The molecule has 0 aromatic carbocycles. The maximum absolute atomic E-state index is 5.79. The summed E-state index contributed by atoms with van der Waals surface area (Å²) in [4.78, 5) is 6.92. The molecule has 3 heterocycles. The molecule has 1 N–H and O–H groups in total. The SMILES string of the molecule is CCCN1CCOC(c2noc([C@H]3C[C@H](OC)CN3)n2)C1. The van der Waals surface area contributed by atoms with E-state index in [1.807, 2.05) is 0 Å². The molecule has 1 aromatic rings. The smallest absolute Gasteiger partial charge is 0.243 e. The monoisotopic (exact) mass is 296 g/mol. The Labute approximate surface area is 125 Å². The predicted octanol–water partition coefficient (Wildman–Crippen LogP) is 0.902. The van der Waals surface area contributed by atoms with Crippen molar-refractivity contribution in [3.8, 4) is 0 Å². The summed E-state index contributed by atoms with van der Waals surface area (Å²) in [6.45, 7) is 6.64. The van der Waals surface area contributed by atoms with Crippen LogP contribution in [-0.4, -0.2) is 61.0 Å². The minimum atomic E-state index is -0.0811. The quantitative estimate of drug-likeness (QED) is 0.865. The fourth-order valence-electron chi connectivity index (χ4n) is 2.97. The van der Waals surface area contributed by atoms with Crippen molar-refractivity contribution >= 4 is 0 Å². The summed E-state index contributed by atoms with van der Waals surface area (Å²) < 4.78 is 16.5. The van der Waals surface area contributed by atoms with E-state index in [4.69, 9.17) is 14.0 Å². The fraction of sp³-hybridized carbons (Fsp3) is 0.857. The molecule has 0 bridgehead atoms. The number of ether oxygens (including phenoxy) is 2. The first-order valence-electron chi connectivity index (χ1n) is 7.73. The van der Waals surface area contributed by atoms with Crippen molar-refractivity contribution in [2.24, 2.45) is 0 Å². The summed E-state index contributed by atoms with van der Waals surface area (Å²) in [6, 6.07) is 0.0894. The van der Waals surface area contributed by atoms with Crippen molar-refractivity contribution in [1.29, 1.82) is 0 Å². The van der Waals surface area contributed by atoms with Crippen LogP contribution in [-0.2, 0) is 9.47 Å². The molecule has 1 unspecified atom stereocenters. The number of aromatic nitrogens is 2. The van der Waals surface area contributed by atoms with E-state index in [2.05, 4.69) is 27.3 Å². The van der Waals surface area contributed by atoms with Crippen LogP contribution in [0.1, 0.15) is 43.6 Å². The average Bonchev–Trinajstić information content (AvgIpc) is 3.17. The number of nitrogens with zero attached hydrogens (tertiary/aromatic N) is 3. The lowest BCUT2D eigenvalue weighted by atomic mass is 10.2. The lowest BCUT2D eigenvalue weighted by Gasteiger charge is -2.30. The molecule has 7 heteroatoms. The van der Waals surface area contributed by atoms with E-state index in [-0.39, 0.29) is 18.2 Å². The summed E-state index contributed by atoms with van der Waals surface area (Å²) in [7, 11) is 1.73. The molecular formula is C14H24N4O3. The first-order chi connectivity index (χ1) is 10.3. The van der Waals surface area contributed by atoms with Gasteiger partial charge in [0.15, 0.2) is 0 Å². The van der Waals surface area contributed by atoms with Gasteiger partial charge in [0.05, 0.1) is 18.8 Å². The summed E-state index contributed by atoms with van der Waals surface area (Å²) >= 11 is 0. The maximum Gasteiger partial charge on any atom is 0.243 e. The van der Waals surface area contributed by atoms with Crippen LogP contribution in [0.2, 0.25) is 0 Å². The second-order valence-corrected chi connectivity index (χ2v) is 5.71. The lowest BCUT2D eigenvalue weighted by molar-refractivity contribution is -0.0350. The minimum Gasteiger partial charge on any atom is -0.380 e. The number of hydrogen-bond acceptors (Lipinski definition) is 7. The van der Waals surface area contributed by atoms with E-state index < -0.39 is 0 Å². The Morgan fingerprint density at radius 1 is 1.48 bits per heavy atom. The van der Waals surface area contributed by atoms with Crippen molar-refractivity contribution in [3.05, 3.63) is 11.7 Å². The second-order valence-electron chi connectivity index (χ2n) is 5.71. The Kier molecular flexibility index (Phi) is 4.84. The molecule has 0 spiro atoms. The van der Waals surface area contributed by atoms with Crippen molar-refractivity contribution in [1.82, 2.24) is 20.4 Å². The van der Waals surface area contributed by atoms with Crippen molar-refractivity contribution in [2.75, 3.05) is 39.9 Å². The first-order valence-corrected chi connectivity index (χ1v) is 7.73. The molecule has 1 aromatic heterocycles. The molecule has 2 saturated heterocycles. The van der Waals surface area contributed by atoms with E-state index >= 15 is 0 Å². The summed E-state index contributed by atoms with van der Waals surface area (Å²) in [6.07, 6.45) is 2.15. The largest absolute Gasteiger partial charge is 0.380 e. The van der Waals surface area contributed by atoms with Gasteiger partial charge in [0.25, 0.3) is 0 Å². The molecule has 0 saturated carbocycles. The van der Waals surface area contributed by atoms with Crippen LogP contribution >= 0.6 is 0 Å². The van der Waals surface area contributed by atoms with Gasteiger partial charge in [-0.25, -0.2) is 0 Å². The highest BCUT2D eigenvalue weighted by atomic mass is 16.5. The standard InChI is InChI=1S/C14H24N4O3/c1-3-4-18-5-6-20-12(9-18)13-16-14(21-17-13)11-7-10(19-2)8-15-11/h10-12,15H,3-9H2,1-2H3/t10-,11+,12?/m0/s1. The molecular weight excluding hydrogens is 272 g/mol. The van der Waals surface area contributed by atoms with Crippen LogP contribution in [0.5, 0.6) is 0 Å². The van der Waals surface area contributed by atoms with Crippen LogP contribution in [0, 0.1) is 0 Å². The van der Waals surface area contributed by atoms with Gasteiger partial charge in [0.2, 0.25) is 11.7 Å². The highest BCUT2D eigenvalue weighted by Gasteiger charge is 2.31. The number of methoxy groups -OCH3 is 1. The van der Waals surface area contributed by atoms with Gasteiger partial charge in [-0.05, 0) is 19.4 Å². The van der Waals surface area contributed by atoms with Gasteiger partial charge >= 0.3 is 0 Å². The fourth-order valence-corrected chi connectivity index (χ4v) is 2.97. The summed E-state index contributed by atoms with van der Waals surface area (Å²) in [5.41, 5.74) is 0. The summed E-state index contributed by atoms with van der Waals surface area (Å²) in [5.74, 6) is 1.30. The van der Waals surface area contributed by atoms with Gasteiger partial charge in [-0.15, -0.1) is 0 Å². The van der Waals surface area contributed by atoms with Gasteiger partial charge < -0.3 is 19.3 Å². The lowest BCUT2D eigenvalue weighted by Crippen LogP contribution is -2.39. The van der Waals surface area contributed by atoms with Gasteiger partial charge in [-0.1, -0.05) is 12.1 Å². The highest BCUT2D eigenvalue weighted by molar-refractivity contribution is 5.00. The van der Waals surface area contributed by atoms with E-state index in [1.54, 1.807) is 7.11 Å². The van der Waals surface area contributed by atoms with E-state index in [1.165, 1.54) is 0 Å². The highest BCUT2D eigenvalue weighted by Crippen LogP contribution is 2.26. The molecule has 3 atom stereocenters. The minimum absolute atomic E-state index is 0.0811. The number of rotatable bonds is 5. The molecule has 0 amide bonds. The van der Waals surface area contributed by atoms with Crippen LogP contribution in [0.3, 0.4) is 0 Å². The van der Waals surface area contributed by atoms with Crippen LogP contribution in [0.25, 0.3) is 0 Å². The van der Waals surface area contributed by atoms with Gasteiger partial charge in [-0.3, -0.25) is 4.90 Å². The Morgan fingerprint density at radius 2 is 2.38 bits per heavy atom. The zero-order valence-corrected chi connectivity index (χ0v) is 12.7. The van der Waals surface area contributed by atoms with Crippen molar-refractivity contribution in [3.63, 3.8) is 0 Å². The maximum atomic E-state index is 5.79. The van der Waals surface area contributed by atoms with E-state index in [0.717, 1.165) is 45.6 Å². The topological polar surface area (TPSA) is 72.7 Å². The second kappa shape index (κ2) is 6.83. The normalized spacial score (nSPS) is 30.9. The Balaban J connectivity index is 1.62. The van der Waals surface area contributed by atoms with Gasteiger partial charge in [-0.2, -0.15) is 4.98 Å². The number of hydrogen-bond donors (Lipinski definition) is 1. The van der Waals surface area contributed by atoms with Crippen LogP contribution in [0.4, 0.5) is 0 Å². The molecule has 2 aliphatic heterocycles. The molecule has 3 rings (SSSR count). The predicted molar refractivity (Wildman–Crippen MR) is 75.9 cm³/mol. The van der Waals surface area contributed by atoms with Gasteiger partial charge in [0.1, 0.15) is 6.10 Å². The molecule has 0 radical (unpaired) electrons. The molecule has 7 nitrogen and oxygen atoms in total. The zero-order valence-electron chi connectivity index (χ0n) is 12.7. The first kappa shape index (κ1) is 14.9. The molecule has 118 valence electrons. The van der Waals surface area contributed by atoms with E-state index in [9.17, 15) is 0 Å². The number of nitrogens with one attached hydrogen (secondary N) is 1. The molecule has 21 heavy (non-hydrogen) atoms. The Bertz CT molecular complexity index is 451. The van der Waals surface area contributed by atoms with Crippen LogP contribution in [0.15, 0.2) is 4.52 Å². The Hall–Kier alpha value is -1.02. The average molecular weight is 296 g/mol. The zero-order chi connectivity index (χ0) is 14.7. The number of morpholine rings is 1.